The zero-order valence-corrected chi connectivity index (χ0v) is 16.4. The molecule has 2 atom stereocenters. The molecule has 1 aliphatic heterocycles. The molecular formula is C18H26N6O3. The average molecular weight is 374 g/mol. The van der Waals surface area contributed by atoms with Gasteiger partial charge < -0.3 is 9.30 Å². The molecule has 3 aromatic rings. The molecule has 0 saturated carbocycles. The van der Waals surface area contributed by atoms with Gasteiger partial charge in [-0.1, -0.05) is 0 Å². The van der Waals surface area contributed by atoms with Gasteiger partial charge in [-0.3, -0.25) is 23.6 Å². The molecular weight excluding hydrogens is 348 g/mol. The van der Waals surface area contributed by atoms with Crippen LogP contribution in [0.3, 0.4) is 0 Å². The van der Waals surface area contributed by atoms with E-state index >= 15 is 0 Å². The van der Waals surface area contributed by atoms with Gasteiger partial charge in [0.25, 0.3) is 5.56 Å². The summed E-state index contributed by atoms with van der Waals surface area (Å²) in [5.74, 6) is 0.695. The van der Waals surface area contributed by atoms with Gasteiger partial charge in [0.15, 0.2) is 11.2 Å². The van der Waals surface area contributed by atoms with E-state index in [-0.39, 0.29) is 12.2 Å². The van der Waals surface area contributed by atoms with Crippen molar-refractivity contribution in [3.63, 3.8) is 0 Å². The van der Waals surface area contributed by atoms with Crippen LogP contribution >= 0.6 is 0 Å². The second kappa shape index (κ2) is 6.35. The molecule has 4 heterocycles. The molecule has 9 nitrogen and oxygen atoms in total. The number of aromatic nitrogens is 5. The van der Waals surface area contributed by atoms with Crippen molar-refractivity contribution in [1.82, 2.24) is 28.4 Å². The number of hydrogen-bond acceptors (Lipinski definition) is 5. The number of imidazole rings is 2. The molecule has 0 radical (unpaired) electrons. The first kappa shape index (κ1) is 18.0. The third-order valence-corrected chi connectivity index (χ3v) is 5.54. The van der Waals surface area contributed by atoms with E-state index in [1.807, 2.05) is 18.2 Å². The van der Waals surface area contributed by atoms with Gasteiger partial charge in [-0.25, -0.2) is 4.79 Å². The van der Waals surface area contributed by atoms with Gasteiger partial charge in [-0.05, 0) is 27.7 Å². The first-order valence-corrected chi connectivity index (χ1v) is 9.33. The fraction of sp³-hybridized carbons (Fsp3) is 0.611. The molecule has 1 N–H and O–H groups in total. The summed E-state index contributed by atoms with van der Waals surface area (Å²) in [6.45, 7) is 11.7. The highest BCUT2D eigenvalue weighted by Gasteiger charge is 2.24. The second-order valence-electron chi connectivity index (χ2n) is 7.58. The van der Waals surface area contributed by atoms with Crippen molar-refractivity contribution in [3.8, 4) is 0 Å². The molecule has 9 heteroatoms. The number of ether oxygens (including phenoxy) is 1. The third-order valence-electron chi connectivity index (χ3n) is 5.54. The fourth-order valence-electron chi connectivity index (χ4n) is 4.15. The standard InChI is InChI=1S/C18H26N6O3/c1-10-8-22(9-11(2)27-10)6-7-23-12(3)13(4)24-14-15(19-17(23)24)21(5)18(26)20-16(14)25/h10-11H,6-9H2,1-5H3,(H,20,25,26). The molecule has 27 heavy (non-hydrogen) atoms. The summed E-state index contributed by atoms with van der Waals surface area (Å²) in [6, 6.07) is 0. The summed E-state index contributed by atoms with van der Waals surface area (Å²) in [5.41, 5.74) is 1.99. The minimum absolute atomic E-state index is 0.225. The third kappa shape index (κ3) is 2.81. The van der Waals surface area contributed by atoms with Gasteiger partial charge in [0.1, 0.15) is 0 Å². The Balaban J connectivity index is 1.77. The molecule has 1 saturated heterocycles. The highest BCUT2D eigenvalue weighted by Crippen LogP contribution is 2.20. The van der Waals surface area contributed by atoms with Crippen LogP contribution in [0.2, 0.25) is 0 Å². The van der Waals surface area contributed by atoms with Crippen molar-refractivity contribution in [2.24, 2.45) is 7.05 Å². The number of nitrogens with zero attached hydrogens (tertiary/aromatic N) is 5. The maximum Gasteiger partial charge on any atom is 0.329 e. The van der Waals surface area contributed by atoms with E-state index in [1.54, 1.807) is 7.05 Å². The number of nitrogens with one attached hydrogen (secondary N) is 1. The number of rotatable bonds is 3. The number of aryl methyl sites for hydroxylation is 2. The lowest BCUT2D eigenvalue weighted by Crippen LogP contribution is -2.46. The lowest BCUT2D eigenvalue weighted by atomic mass is 10.2. The van der Waals surface area contributed by atoms with Crippen LogP contribution in [0.5, 0.6) is 0 Å². The Bertz CT molecular complexity index is 1120. The van der Waals surface area contributed by atoms with Gasteiger partial charge in [-0.15, -0.1) is 0 Å². The molecule has 146 valence electrons. The minimum atomic E-state index is -0.453. The normalized spacial score (nSPS) is 21.5. The summed E-state index contributed by atoms with van der Waals surface area (Å²) in [7, 11) is 1.62. The second-order valence-corrected chi connectivity index (χ2v) is 7.58. The van der Waals surface area contributed by atoms with E-state index < -0.39 is 11.2 Å². The Labute approximate surface area is 156 Å². The van der Waals surface area contributed by atoms with Gasteiger partial charge in [0.2, 0.25) is 5.78 Å². The van der Waals surface area contributed by atoms with Crippen LogP contribution in [-0.2, 0) is 18.3 Å². The number of aromatic amines is 1. The summed E-state index contributed by atoms with van der Waals surface area (Å²) >= 11 is 0. The fourth-order valence-corrected chi connectivity index (χ4v) is 4.15. The van der Waals surface area contributed by atoms with E-state index in [2.05, 4.69) is 33.3 Å². The van der Waals surface area contributed by atoms with E-state index in [4.69, 9.17) is 4.74 Å². The maximum atomic E-state index is 12.4. The molecule has 0 bridgehead atoms. The molecule has 1 fully saturated rings. The van der Waals surface area contributed by atoms with Crippen molar-refractivity contribution in [3.05, 3.63) is 32.2 Å². The van der Waals surface area contributed by atoms with Gasteiger partial charge >= 0.3 is 5.69 Å². The van der Waals surface area contributed by atoms with Crippen LogP contribution in [0.4, 0.5) is 0 Å². The number of fused-ring (bicyclic) bond motifs is 3. The first-order chi connectivity index (χ1) is 12.8. The van der Waals surface area contributed by atoms with Crippen LogP contribution in [0.25, 0.3) is 16.9 Å². The molecule has 0 aliphatic carbocycles. The Morgan fingerprint density at radius 2 is 1.78 bits per heavy atom. The molecule has 0 spiro atoms. The minimum Gasteiger partial charge on any atom is -0.373 e. The van der Waals surface area contributed by atoms with Gasteiger partial charge in [0, 0.05) is 44.6 Å². The zero-order valence-electron chi connectivity index (χ0n) is 16.4. The quantitative estimate of drug-likeness (QED) is 0.717. The summed E-state index contributed by atoms with van der Waals surface area (Å²) in [6.07, 6.45) is 0.451. The van der Waals surface area contributed by atoms with E-state index in [0.717, 1.165) is 37.6 Å². The number of morpholine rings is 1. The Kier molecular flexibility index (Phi) is 4.23. The molecule has 1 aliphatic rings. The van der Waals surface area contributed by atoms with Crippen LogP contribution in [0.15, 0.2) is 9.59 Å². The Morgan fingerprint density at radius 1 is 1.11 bits per heavy atom. The smallest absolute Gasteiger partial charge is 0.329 e. The molecule has 0 amide bonds. The van der Waals surface area contributed by atoms with Crippen molar-refractivity contribution in [1.29, 1.82) is 0 Å². The van der Waals surface area contributed by atoms with Crippen molar-refractivity contribution in [2.45, 2.75) is 46.4 Å². The summed E-state index contributed by atoms with van der Waals surface area (Å²) < 4.78 is 11.2. The van der Waals surface area contributed by atoms with Crippen molar-refractivity contribution >= 4 is 16.9 Å². The van der Waals surface area contributed by atoms with E-state index in [0.29, 0.717) is 16.9 Å². The number of hydrogen-bond donors (Lipinski definition) is 1. The van der Waals surface area contributed by atoms with Crippen LogP contribution in [0.1, 0.15) is 25.2 Å². The topological polar surface area (TPSA) is 89.6 Å². The predicted octanol–water partition coefficient (Wildman–Crippen LogP) is 0.402. The predicted molar refractivity (Wildman–Crippen MR) is 102 cm³/mol. The lowest BCUT2D eigenvalue weighted by Gasteiger charge is -2.35. The SMILES string of the molecule is Cc1c(C)n2c3c(=O)[nH]c(=O)n(C)c3nc2n1CCN1CC(C)OC(C)C1. The summed E-state index contributed by atoms with van der Waals surface area (Å²) in [4.78, 5) is 33.7. The average Bonchev–Trinajstić information content (AvgIpc) is 3.08. The highest BCUT2D eigenvalue weighted by atomic mass is 16.5. The molecule has 4 rings (SSSR count). The van der Waals surface area contributed by atoms with Gasteiger partial charge in [0.05, 0.1) is 12.2 Å². The molecule has 0 aromatic carbocycles. The lowest BCUT2D eigenvalue weighted by molar-refractivity contribution is -0.0685. The van der Waals surface area contributed by atoms with Crippen molar-refractivity contribution in [2.75, 3.05) is 19.6 Å². The monoisotopic (exact) mass is 374 g/mol. The largest absolute Gasteiger partial charge is 0.373 e. The summed E-state index contributed by atoms with van der Waals surface area (Å²) in [5, 5.41) is 0. The van der Waals surface area contributed by atoms with Crippen LogP contribution in [-0.4, -0.2) is 60.2 Å². The van der Waals surface area contributed by atoms with Gasteiger partial charge in [-0.2, -0.15) is 4.98 Å². The van der Waals surface area contributed by atoms with E-state index in [1.165, 1.54) is 4.57 Å². The Hall–Kier alpha value is -2.39. The Morgan fingerprint density at radius 3 is 2.44 bits per heavy atom. The van der Waals surface area contributed by atoms with Crippen LogP contribution < -0.4 is 11.2 Å². The van der Waals surface area contributed by atoms with E-state index in [9.17, 15) is 9.59 Å². The van der Waals surface area contributed by atoms with Crippen LogP contribution in [0, 0.1) is 13.8 Å². The first-order valence-electron chi connectivity index (χ1n) is 9.33. The number of H-pyrrole nitrogens is 1. The molecule has 3 aromatic heterocycles. The highest BCUT2D eigenvalue weighted by molar-refractivity contribution is 5.76. The maximum absolute atomic E-state index is 12.4. The van der Waals surface area contributed by atoms with Crippen molar-refractivity contribution < 1.29 is 4.74 Å². The zero-order chi connectivity index (χ0) is 19.5. The molecule has 2 unspecified atom stereocenters.